The maximum absolute atomic E-state index is 12.4. The smallest absolute Gasteiger partial charge is 0.225 e. The Morgan fingerprint density at radius 3 is 2.71 bits per heavy atom. The lowest BCUT2D eigenvalue weighted by Gasteiger charge is -2.26. The van der Waals surface area contributed by atoms with E-state index in [-0.39, 0.29) is 5.92 Å². The molecular formula is C13H24N2O2. The van der Waals surface area contributed by atoms with Gasteiger partial charge in [0.05, 0.1) is 6.61 Å². The van der Waals surface area contributed by atoms with Gasteiger partial charge in [0.25, 0.3) is 0 Å². The molecule has 2 aliphatic heterocycles. The molecule has 0 aromatic carbocycles. The lowest BCUT2D eigenvalue weighted by Crippen LogP contribution is -2.40. The number of carbonyl (C=O) groups is 1. The number of rotatable bonds is 3. The van der Waals surface area contributed by atoms with Crippen molar-refractivity contribution in [2.24, 2.45) is 17.8 Å². The molecule has 0 aliphatic carbocycles. The molecule has 1 amide bonds. The molecule has 2 heterocycles. The van der Waals surface area contributed by atoms with Crippen molar-refractivity contribution in [2.75, 3.05) is 39.9 Å². The molecule has 1 N–H and O–H groups in total. The minimum absolute atomic E-state index is 0.254. The number of hydrogen-bond donors (Lipinski definition) is 1. The summed E-state index contributed by atoms with van der Waals surface area (Å²) in [5.74, 6) is 1.72. The van der Waals surface area contributed by atoms with Crippen molar-refractivity contribution >= 4 is 5.91 Å². The van der Waals surface area contributed by atoms with E-state index in [0.29, 0.717) is 17.7 Å². The lowest BCUT2D eigenvalue weighted by atomic mass is 9.97. The van der Waals surface area contributed by atoms with Gasteiger partial charge >= 0.3 is 0 Å². The van der Waals surface area contributed by atoms with Crippen LogP contribution in [0.5, 0.6) is 0 Å². The van der Waals surface area contributed by atoms with Crippen LogP contribution in [0.4, 0.5) is 0 Å². The molecule has 2 saturated heterocycles. The van der Waals surface area contributed by atoms with Crippen LogP contribution in [0, 0.1) is 17.8 Å². The second-order valence-electron chi connectivity index (χ2n) is 5.46. The van der Waals surface area contributed by atoms with Crippen molar-refractivity contribution in [1.82, 2.24) is 10.2 Å². The third-order valence-corrected chi connectivity index (χ3v) is 4.15. The summed E-state index contributed by atoms with van der Waals surface area (Å²) in [6.07, 6.45) is 2.00. The van der Waals surface area contributed by atoms with Gasteiger partial charge in [-0.3, -0.25) is 4.79 Å². The summed E-state index contributed by atoms with van der Waals surface area (Å²) in [7, 11) is 1.74. The molecule has 0 saturated carbocycles. The Balaban J connectivity index is 1.88. The standard InChI is InChI=1S/C13H24N2O2/c1-10-7-15(8-12(10)9-17-2)13(16)11-3-5-14-6-4-11/h10-12,14H,3-9H2,1-2H3/t10-,12-/m0/s1. The molecule has 0 unspecified atom stereocenters. The van der Waals surface area contributed by atoms with Gasteiger partial charge in [0.2, 0.25) is 5.91 Å². The lowest BCUT2D eigenvalue weighted by molar-refractivity contribution is -0.135. The van der Waals surface area contributed by atoms with Crippen LogP contribution < -0.4 is 5.32 Å². The molecule has 0 radical (unpaired) electrons. The van der Waals surface area contributed by atoms with E-state index in [0.717, 1.165) is 45.6 Å². The predicted octanol–water partition coefficient (Wildman–Crippen LogP) is 0.727. The number of hydrogen-bond acceptors (Lipinski definition) is 3. The summed E-state index contributed by atoms with van der Waals surface area (Å²) in [5, 5.41) is 3.31. The van der Waals surface area contributed by atoms with Crippen LogP contribution in [0.2, 0.25) is 0 Å². The van der Waals surface area contributed by atoms with Gasteiger partial charge in [-0.1, -0.05) is 6.92 Å². The van der Waals surface area contributed by atoms with Gasteiger partial charge < -0.3 is 15.0 Å². The highest BCUT2D eigenvalue weighted by Gasteiger charge is 2.35. The van der Waals surface area contributed by atoms with Gasteiger partial charge in [-0.25, -0.2) is 0 Å². The summed E-state index contributed by atoms with van der Waals surface area (Å²) in [6, 6.07) is 0. The Morgan fingerprint density at radius 1 is 1.35 bits per heavy atom. The highest BCUT2D eigenvalue weighted by molar-refractivity contribution is 5.79. The molecule has 17 heavy (non-hydrogen) atoms. The Labute approximate surface area is 104 Å². The molecule has 0 aromatic heterocycles. The Morgan fingerprint density at radius 2 is 2.06 bits per heavy atom. The first-order valence-electron chi connectivity index (χ1n) is 6.70. The number of ether oxygens (including phenoxy) is 1. The predicted molar refractivity (Wildman–Crippen MR) is 66.7 cm³/mol. The molecule has 98 valence electrons. The maximum atomic E-state index is 12.4. The number of nitrogens with zero attached hydrogens (tertiary/aromatic N) is 1. The minimum atomic E-state index is 0.254. The molecule has 2 aliphatic rings. The second-order valence-corrected chi connectivity index (χ2v) is 5.46. The average Bonchev–Trinajstić information content (AvgIpc) is 2.72. The van der Waals surface area contributed by atoms with Gasteiger partial charge in [-0.05, 0) is 31.8 Å². The Kier molecular flexibility index (Phi) is 4.40. The number of likely N-dealkylation sites (tertiary alicyclic amines) is 1. The van der Waals surface area contributed by atoms with Crippen molar-refractivity contribution in [3.05, 3.63) is 0 Å². The first-order valence-corrected chi connectivity index (χ1v) is 6.70. The van der Waals surface area contributed by atoms with E-state index < -0.39 is 0 Å². The van der Waals surface area contributed by atoms with Crippen LogP contribution >= 0.6 is 0 Å². The normalized spacial score (nSPS) is 30.8. The number of methoxy groups -OCH3 is 1. The van der Waals surface area contributed by atoms with Crippen molar-refractivity contribution in [1.29, 1.82) is 0 Å². The van der Waals surface area contributed by atoms with Crippen LogP contribution in [0.3, 0.4) is 0 Å². The van der Waals surface area contributed by atoms with E-state index in [1.807, 2.05) is 0 Å². The van der Waals surface area contributed by atoms with Crippen molar-refractivity contribution < 1.29 is 9.53 Å². The van der Waals surface area contributed by atoms with E-state index in [1.165, 1.54) is 0 Å². The zero-order valence-electron chi connectivity index (χ0n) is 10.9. The van der Waals surface area contributed by atoms with E-state index in [2.05, 4.69) is 17.1 Å². The van der Waals surface area contributed by atoms with E-state index in [1.54, 1.807) is 7.11 Å². The fourth-order valence-corrected chi connectivity index (χ4v) is 2.97. The zero-order valence-corrected chi connectivity index (χ0v) is 10.9. The third kappa shape index (κ3) is 2.99. The molecule has 4 heteroatoms. The molecular weight excluding hydrogens is 216 g/mol. The zero-order chi connectivity index (χ0) is 12.3. The van der Waals surface area contributed by atoms with E-state index in [9.17, 15) is 4.79 Å². The van der Waals surface area contributed by atoms with Gasteiger partial charge in [0, 0.05) is 32.0 Å². The second kappa shape index (κ2) is 5.83. The van der Waals surface area contributed by atoms with Gasteiger partial charge in [-0.15, -0.1) is 0 Å². The SMILES string of the molecule is COC[C@@H]1CN(C(=O)C2CCNCC2)C[C@@H]1C. The molecule has 2 fully saturated rings. The molecule has 2 atom stereocenters. The summed E-state index contributed by atoms with van der Waals surface area (Å²) in [4.78, 5) is 14.4. The molecule has 0 bridgehead atoms. The van der Waals surface area contributed by atoms with Gasteiger partial charge in [0.15, 0.2) is 0 Å². The summed E-state index contributed by atoms with van der Waals surface area (Å²) >= 11 is 0. The third-order valence-electron chi connectivity index (χ3n) is 4.15. The first-order chi connectivity index (χ1) is 8.22. The fraction of sp³-hybridized carbons (Fsp3) is 0.923. The first kappa shape index (κ1) is 12.8. The quantitative estimate of drug-likeness (QED) is 0.790. The van der Waals surface area contributed by atoms with Crippen molar-refractivity contribution in [3.63, 3.8) is 0 Å². The van der Waals surface area contributed by atoms with E-state index in [4.69, 9.17) is 4.74 Å². The number of piperidine rings is 1. The maximum Gasteiger partial charge on any atom is 0.225 e. The van der Waals surface area contributed by atoms with Crippen molar-refractivity contribution in [2.45, 2.75) is 19.8 Å². The van der Waals surface area contributed by atoms with Crippen LogP contribution in [0.25, 0.3) is 0 Å². The van der Waals surface area contributed by atoms with Crippen molar-refractivity contribution in [3.8, 4) is 0 Å². The minimum Gasteiger partial charge on any atom is -0.384 e. The van der Waals surface area contributed by atoms with Crippen LogP contribution in [-0.2, 0) is 9.53 Å². The highest BCUT2D eigenvalue weighted by atomic mass is 16.5. The monoisotopic (exact) mass is 240 g/mol. The number of carbonyl (C=O) groups excluding carboxylic acids is 1. The summed E-state index contributed by atoms with van der Waals surface area (Å²) in [6.45, 7) is 6.77. The highest BCUT2D eigenvalue weighted by Crippen LogP contribution is 2.26. The molecule has 0 spiro atoms. The topological polar surface area (TPSA) is 41.6 Å². The van der Waals surface area contributed by atoms with Gasteiger partial charge in [0.1, 0.15) is 0 Å². The molecule has 0 aromatic rings. The largest absolute Gasteiger partial charge is 0.384 e. The Bertz CT molecular complexity index is 264. The van der Waals surface area contributed by atoms with Crippen LogP contribution in [0.15, 0.2) is 0 Å². The van der Waals surface area contributed by atoms with Crippen LogP contribution in [-0.4, -0.2) is 50.7 Å². The average molecular weight is 240 g/mol. The molecule has 4 nitrogen and oxygen atoms in total. The summed E-state index contributed by atoms with van der Waals surface area (Å²) < 4.78 is 5.22. The van der Waals surface area contributed by atoms with Crippen LogP contribution in [0.1, 0.15) is 19.8 Å². The number of amides is 1. The van der Waals surface area contributed by atoms with Gasteiger partial charge in [-0.2, -0.15) is 0 Å². The number of nitrogens with one attached hydrogen (secondary N) is 1. The summed E-state index contributed by atoms with van der Waals surface area (Å²) in [5.41, 5.74) is 0. The Hall–Kier alpha value is -0.610. The molecule has 2 rings (SSSR count). The van der Waals surface area contributed by atoms with E-state index >= 15 is 0 Å². The fourth-order valence-electron chi connectivity index (χ4n) is 2.97.